The van der Waals surface area contributed by atoms with E-state index in [2.05, 4.69) is 10.2 Å². The van der Waals surface area contributed by atoms with Crippen LogP contribution >= 0.6 is 0 Å². The maximum absolute atomic E-state index is 12.6. The molecule has 0 N–H and O–H groups in total. The maximum Gasteiger partial charge on any atom is 0.243 e. The topological polar surface area (TPSA) is 85.2 Å². The van der Waals surface area contributed by atoms with Gasteiger partial charge in [-0.05, 0) is 12.1 Å². The number of hydrogen-bond donors (Lipinski definition) is 0. The van der Waals surface area contributed by atoms with Crippen LogP contribution in [-0.2, 0) is 10.0 Å². The molecule has 0 bridgehead atoms. The van der Waals surface area contributed by atoms with Gasteiger partial charge in [-0.1, -0.05) is 32.9 Å². The first-order chi connectivity index (χ1) is 11.2. The fraction of sp³-hybridized carbons (Fsp3) is 0.438. The number of rotatable bonds is 4. The Kier molecular flexibility index (Phi) is 4.05. The van der Waals surface area contributed by atoms with Gasteiger partial charge in [0.1, 0.15) is 12.7 Å². The minimum absolute atomic E-state index is 0.0110. The summed E-state index contributed by atoms with van der Waals surface area (Å²) >= 11 is 0. The molecule has 2 heterocycles. The van der Waals surface area contributed by atoms with Crippen molar-refractivity contribution in [3.63, 3.8) is 0 Å². The highest BCUT2D eigenvalue weighted by molar-refractivity contribution is 7.89. The molecular weight excluding hydrogens is 328 g/mol. The average molecular weight is 348 g/mol. The van der Waals surface area contributed by atoms with Gasteiger partial charge in [0.25, 0.3) is 0 Å². The van der Waals surface area contributed by atoms with Gasteiger partial charge in [-0.3, -0.25) is 4.79 Å². The summed E-state index contributed by atoms with van der Waals surface area (Å²) in [5.74, 6) is -0.0110. The van der Waals surface area contributed by atoms with Crippen LogP contribution in [0.2, 0.25) is 0 Å². The zero-order valence-electron chi connectivity index (χ0n) is 13.9. The highest BCUT2D eigenvalue weighted by atomic mass is 32.2. The molecule has 0 saturated carbocycles. The summed E-state index contributed by atoms with van der Waals surface area (Å²) < 4.78 is 28.4. The molecule has 128 valence electrons. The van der Waals surface area contributed by atoms with Crippen LogP contribution < -0.4 is 0 Å². The van der Waals surface area contributed by atoms with E-state index >= 15 is 0 Å². The molecule has 1 aromatic carbocycles. The van der Waals surface area contributed by atoms with E-state index in [0.29, 0.717) is 18.7 Å². The lowest BCUT2D eigenvalue weighted by Crippen LogP contribution is -2.50. The van der Waals surface area contributed by atoms with Crippen molar-refractivity contribution in [1.29, 1.82) is 0 Å². The Bertz CT molecular complexity index is 830. The summed E-state index contributed by atoms with van der Waals surface area (Å²) in [6.07, 6.45) is 3.17. The summed E-state index contributed by atoms with van der Waals surface area (Å²) in [4.78, 5) is 12.4. The van der Waals surface area contributed by atoms with Crippen LogP contribution in [-0.4, -0.2) is 46.4 Å². The van der Waals surface area contributed by atoms with E-state index in [0.717, 1.165) is 0 Å². The number of aromatic nitrogens is 3. The second kappa shape index (κ2) is 5.78. The number of carbonyl (C=O) groups is 1. The first kappa shape index (κ1) is 16.8. The van der Waals surface area contributed by atoms with Crippen molar-refractivity contribution in [2.75, 3.05) is 13.1 Å². The normalized spacial score (nSPS) is 16.8. The molecule has 1 fully saturated rings. The van der Waals surface area contributed by atoms with Crippen LogP contribution in [0.4, 0.5) is 0 Å². The van der Waals surface area contributed by atoms with Gasteiger partial charge < -0.3 is 4.57 Å². The van der Waals surface area contributed by atoms with Gasteiger partial charge in [0, 0.05) is 24.1 Å². The van der Waals surface area contributed by atoms with E-state index in [1.807, 2.05) is 20.8 Å². The minimum atomic E-state index is -3.54. The predicted octanol–water partition coefficient (Wildman–Crippen LogP) is 1.75. The number of hydrogen-bond acceptors (Lipinski definition) is 5. The van der Waals surface area contributed by atoms with Crippen molar-refractivity contribution < 1.29 is 13.2 Å². The molecule has 0 radical (unpaired) electrons. The Balaban J connectivity index is 1.73. The largest absolute Gasteiger partial charge is 0.314 e. The van der Waals surface area contributed by atoms with E-state index in [1.165, 1.54) is 16.4 Å². The third-order valence-electron chi connectivity index (χ3n) is 4.12. The molecule has 24 heavy (non-hydrogen) atoms. The Hall–Kier alpha value is -2.06. The van der Waals surface area contributed by atoms with Crippen LogP contribution in [0.1, 0.15) is 37.2 Å². The van der Waals surface area contributed by atoms with Crippen LogP contribution in [0.3, 0.4) is 0 Å². The molecule has 0 amide bonds. The van der Waals surface area contributed by atoms with E-state index in [1.54, 1.807) is 29.4 Å². The Labute approximate surface area is 141 Å². The zero-order valence-corrected chi connectivity index (χ0v) is 14.7. The molecule has 0 spiro atoms. The quantitative estimate of drug-likeness (QED) is 0.786. The van der Waals surface area contributed by atoms with Crippen molar-refractivity contribution in [3.8, 4) is 0 Å². The Morgan fingerprint density at radius 2 is 1.62 bits per heavy atom. The first-order valence-corrected chi connectivity index (χ1v) is 9.13. The van der Waals surface area contributed by atoms with E-state index in [9.17, 15) is 13.2 Å². The molecule has 1 aliphatic rings. The Morgan fingerprint density at radius 1 is 1.08 bits per heavy atom. The highest BCUT2D eigenvalue weighted by Gasteiger charge is 2.37. The predicted molar refractivity (Wildman–Crippen MR) is 88.0 cm³/mol. The molecule has 8 heteroatoms. The van der Waals surface area contributed by atoms with Crippen LogP contribution in [0.5, 0.6) is 0 Å². The highest BCUT2D eigenvalue weighted by Crippen LogP contribution is 2.28. The summed E-state index contributed by atoms with van der Waals surface area (Å²) in [5.41, 5.74) is 0.0247. The molecule has 1 aliphatic heterocycles. The lowest BCUT2D eigenvalue weighted by molar-refractivity contribution is 0.0858. The zero-order chi connectivity index (χ0) is 17.5. The fourth-order valence-corrected chi connectivity index (χ4v) is 4.07. The van der Waals surface area contributed by atoms with E-state index in [4.69, 9.17) is 0 Å². The third kappa shape index (κ3) is 2.99. The van der Waals surface area contributed by atoms with Crippen molar-refractivity contribution in [2.24, 2.45) is 5.41 Å². The van der Waals surface area contributed by atoms with Crippen LogP contribution in [0.15, 0.2) is 41.8 Å². The van der Waals surface area contributed by atoms with Gasteiger partial charge in [0.05, 0.1) is 10.9 Å². The maximum atomic E-state index is 12.6. The smallest absolute Gasteiger partial charge is 0.243 e. The van der Waals surface area contributed by atoms with E-state index in [-0.39, 0.29) is 16.7 Å². The standard InChI is InChI=1S/C16H20N4O3S/c1-16(2,3)15(21)12-4-6-14(7-5-12)24(22,23)20-8-13(9-20)19-10-17-18-11-19/h4-7,10-11,13H,8-9H2,1-3H3. The number of sulfonamides is 1. The van der Waals surface area contributed by atoms with Gasteiger partial charge >= 0.3 is 0 Å². The number of ketones is 1. The molecule has 7 nitrogen and oxygen atoms in total. The molecular formula is C16H20N4O3S. The van der Waals surface area contributed by atoms with Crippen molar-refractivity contribution >= 4 is 15.8 Å². The summed E-state index contributed by atoms with van der Waals surface area (Å²) in [7, 11) is -3.54. The van der Waals surface area contributed by atoms with Crippen molar-refractivity contribution in [2.45, 2.75) is 31.7 Å². The molecule has 0 aliphatic carbocycles. The van der Waals surface area contributed by atoms with Gasteiger partial charge in [-0.2, -0.15) is 4.31 Å². The molecule has 3 rings (SSSR count). The monoisotopic (exact) mass is 348 g/mol. The molecule has 0 atom stereocenters. The Morgan fingerprint density at radius 3 is 2.12 bits per heavy atom. The van der Waals surface area contributed by atoms with Gasteiger partial charge in [-0.25, -0.2) is 8.42 Å². The molecule has 1 saturated heterocycles. The lowest BCUT2D eigenvalue weighted by Gasteiger charge is -2.38. The van der Waals surface area contributed by atoms with Gasteiger partial charge in [0.15, 0.2) is 5.78 Å². The summed E-state index contributed by atoms with van der Waals surface area (Å²) in [5, 5.41) is 7.46. The van der Waals surface area contributed by atoms with Crippen molar-refractivity contribution in [1.82, 2.24) is 19.1 Å². The number of benzene rings is 1. The lowest BCUT2D eigenvalue weighted by atomic mass is 9.87. The number of nitrogens with zero attached hydrogens (tertiary/aromatic N) is 4. The molecule has 2 aromatic rings. The van der Waals surface area contributed by atoms with Crippen LogP contribution in [0.25, 0.3) is 0 Å². The van der Waals surface area contributed by atoms with Gasteiger partial charge in [-0.15, -0.1) is 10.2 Å². The fourth-order valence-electron chi connectivity index (χ4n) is 2.56. The van der Waals surface area contributed by atoms with Gasteiger partial charge in [0.2, 0.25) is 10.0 Å². The summed E-state index contributed by atoms with van der Waals surface area (Å²) in [6, 6.07) is 6.23. The van der Waals surface area contributed by atoms with Crippen LogP contribution in [0, 0.1) is 5.41 Å². The second-order valence-electron chi connectivity index (χ2n) is 6.99. The van der Waals surface area contributed by atoms with E-state index < -0.39 is 15.4 Å². The SMILES string of the molecule is CC(C)(C)C(=O)c1ccc(S(=O)(=O)N2CC(n3cnnc3)C2)cc1. The molecule has 0 unspecified atom stereocenters. The molecule has 1 aromatic heterocycles. The number of Topliss-reactive ketones (excluding diaryl/α,β-unsaturated/α-hetero) is 1. The second-order valence-corrected chi connectivity index (χ2v) is 8.93. The summed E-state index contributed by atoms with van der Waals surface area (Å²) in [6.45, 7) is 6.30. The average Bonchev–Trinajstić information content (AvgIpc) is 2.97. The van der Waals surface area contributed by atoms with Crippen molar-refractivity contribution in [3.05, 3.63) is 42.5 Å². The third-order valence-corrected chi connectivity index (χ3v) is 5.97. The minimum Gasteiger partial charge on any atom is -0.314 e. The first-order valence-electron chi connectivity index (χ1n) is 7.69. The number of carbonyl (C=O) groups excluding carboxylic acids is 1.